The van der Waals surface area contributed by atoms with Gasteiger partial charge in [-0.1, -0.05) is 32.4 Å². The summed E-state index contributed by atoms with van der Waals surface area (Å²) in [4.78, 5) is 0.436. The molecule has 0 aromatic heterocycles. The second-order valence-electron chi connectivity index (χ2n) is 5.21. The van der Waals surface area contributed by atoms with Crippen LogP contribution in [-0.4, -0.2) is 19.7 Å². The smallest absolute Gasteiger partial charge is 0.183 e. The highest BCUT2D eigenvalue weighted by Crippen LogP contribution is 2.25. The van der Waals surface area contributed by atoms with Gasteiger partial charge in [-0.2, -0.15) is 0 Å². The topological polar surface area (TPSA) is 60.2 Å². The molecule has 108 valence electrons. The van der Waals surface area contributed by atoms with Gasteiger partial charge in [0.25, 0.3) is 0 Å². The Morgan fingerprint density at radius 2 is 1.84 bits per heavy atom. The van der Waals surface area contributed by atoms with Crippen molar-refractivity contribution in [3.63, 3.8) is 0 Å². The molecule has 2 unspecified atom stereocenters. The van der Waals surface area contributed by atoms with Crippen LogP contribution in [0.5, 0.6) is 0 Å². The molecule has 2 N–H and O–H groups in total. The van der Waals surface area contributed by atoms with Crippen LogP contribution < -0.4 is 5.73 Å². The van der Waals surface area contributed by atoms with Gasteiger partial charge in [-0.15, -0.1) is 0 Å². The van der Waals surface area contributed by atoms with E-state index in [0.29, 0.717) is 11.3 Å². The molecule has 0 aliphatic carbocycles. The maximum atomic E-state index is 12.8. The van der Waals surface area contributed by atoms with E-state index in [1.165, 1.54) is 0 Å². The molecule has 3 nitrogen and oxygen atoms in total. The van der Waals surface area contributed by atoms with Crippen molar-refractivity contribution >= 4 is 9.84 Å². The average Bonchev–Trinajstić information content (AvgIpc) is 2.33. The van der Waals surface area contributed by atoms with Crippen molar-refractivity contribution in [2.45, 2.75) is 63.1 Å². The van der Waals surface area contributed by atoms with E-state index in [1.54, 1.807) is 6.07 Å². The molecule has 0 heterocycles. The second kappa shape index (κ2) is 6.53. The van der Waals surface area contributed by atoms with Gasteiger partial charge in [-0.3, -0.25) is 0 Å². The van der Waals surface area contributed by atoms with E-state index in [1.807, 2.05) is 39.8 Å². The van der Waals surface area contributed by atoms with Crippen LogP contribution in [0.25, 0.3) is 0 Å². The Kier molecular flexibility index (Phi) is 5.56. The van der Waals surface area contributed by atoms with Crippen LogP contribution in [0.2, 0.25) is 0 Å². The van der Waals surface area contributed by atoms with Crippen LogP contribution in [0, 0.1) is 13.8 Å². The molecule has 0 saturated carbocycles. The van der Waals surface area contributed by atoms with Crippen LogP contribution in [0.4, 0.5) is 0 Å². The molecule has 1 aromatic carbocycles. The van der Waals surface area contributed by atoms with Crippen LogP contribution >= 0.6 is 0 Å². The maximum absolute atomic E-state index is 12.8. The minimum atomic E-state index is -3.35. The fraction of sp³-hybridized carbons (Fsp3) is 0.600. The summed E-state index contributed by atoms with van der Waals surface area (Å²) >= 11 is 0. The van der Waals surface area contributed by atoms with Crippen molar-refractivity contribution in [2.24, 2.45) is 5.73 Å². The van der Waals surface area contributed by atoms with E-state index < -0.39 is 15.1 Å². The molecule has 0 fully saturated rings. The number of hydrogen-bond donors (Lipinski definition) is 1. The number of hydrogen-bond acceptors (Lipinski definition) is 3. The Balaban J connectivity index is 3.24. The zero-order valence-corrected chi connectivity index (χ0v) is 13.1. The van der Waals surface area contributed by atoms with E-state index in [0.717, 1.165) is 24.0 Å². The van der Waals surface area contributed by atoms with Gasteiger partial charge in [0.1, 0.15) is 0 Å². The van der Waals surface area contributed by atoms with Gasteiger partial charge in [-0.25, -0.2) is 8.42 Å². The third-order valence-electron chi connectivity index (χ3n) is 3.55. The molecule has 1 aromatic rings. The lowest BCUT2D eigenvalue weighted by molar-refractivity contribution is 0.516. The van der Waals surface area contributed by atoms with Gasteiger partial charge in [0, 0.05) is 6.04 Å². The van der Waals surface area contributed by atoms with Gasteiger partial charge in [0.15, 0.2) is 9.84 Å². The summed E-state index contributed by atoms with van der Waals surface area (Å²) in [5.74, 6) is 0. The number of aryl methyl sites for hydroxylation is 2. The van der Waals surface area contributed by atoms with Gasteiger partial charge in [-0.05, 0) is 43.9 Å². The number of benzene rings is 1. The normalized spacial score (nSPS) is 15.2. The predicted molar refractivity (Wildman–Crippen MR) is 80.1 cm³/mol. The summed E-state index contributed by atoms with van der Waals surface area (Å²) in [6.07, 6.45) is 2.19. The maximum Gasteiger partial charge on any atom is 0.183 e. The molecule has 0 spiro atoms. The fourth-order valence-corrected chi connectivity index (χ4v) is 4.68. The lowest BCUT2D eigenvalue weighted by Gasteiger charge is -2.23. The summed E-state index contributed by atoms with van der Waals surface area (Å²) < 4.78 is 25.5. The highest BCUT2D eigenvalue weighted by Gasteiger charge is 2.31. The van der Waals surface area contributed by atoms with Gasteiger partial charge >= 0.3 is 0 Å². The van der Waals surface area contributed by atoms with Crippen LogP contribution in [0.3, 0.4) is 0 Å². The summed E-state index contributed by atoms with van der Waals surface area (Å²) in [5, 5.41) is -0.493. The molecule has 2 atom stereocenters. The van der Waals surface area contributed by atoms with E-state index in [-0.39, 0.29) is 6.04 Å². The molecule has 0 amide bonds. The largest absolute Gasteiger partial charge is 0.327 e. The van der Waals surface area contributed by atoms with Crippen LogP contribution in [0.1, 0.15) is 44.2 Å². The van der Waals surface area contributed by atoms with Gasteiger partial charge in [0.2, 0.25) is 0 Å². The zero-order chi connectivity index (χ0) is 14.6. The molecule has 0 bridgehead atoms. The van der Waals surface area contributed by atoms with Crippen molar-refractivity contribution in [3.8, 4) is 0 Å². The summed E-state index contributed by atoms with van der Waals surface area (Å²) in [6, 6.07) is 5.26. The first-order chi connectivity index (χ1) is 8.84. The SMILES string of the molecule is CCCC(N)C(CC)S(=O)(=O)c1cc(C)ccc1C. The van der Waals surface area contributed by atoms with Crippen molar-refractivity contribution in [1.82, 2.24) is 0 Å². The molecule has 0 aliphatic heterocycles. The molecule has 0 saturated heterocycles. The zero-order valence-electron chi connectivity index (χ0n) is 12.3. The Morgan fingerprint density at radius 3 is 2.37 bits per heavy atom. The van der Waals surface area contributed by atoms with Crippen LogP contribution in [-0.2, 0) is 9.84 Å². The summed E-state index contributed by atoms with van der Waals surface area (Å²) in [6.45, 7) is 7.66. The Labute approximate surface area is 117 Å². The van der Waals surface area contributed by atoms with Crippen molar-refractivity contribution in [2.75, 3.05) is 0 Å². The Hall–Kier alpha value is -0.870. The second-order valence-corrected chi connectivity index (χ2v) is 7.35. The molecule has 0 radical (unpaired) electrons. The molecular weight excluding hydrogens is 258 g/mol. The van der Waals surface area contributed by atoms with Crippen molar-refractivity contribution in [3.05, 3.63) is 29.3 Å². The minimum Gasteiger partial charge on any atom is -0.327 e. The van der Waals surface area contributed by atoms with Gasteiger partial charge in [0.05, 0.1) is 10.1 Å². The van der Waals surface area contributed by atoms with E-state index in [2.05, 4.69) is 0 Å². The number of nitrogens with two attached hydrogens (primary N) is 1. The van der Waals surface area contributed by atoms with E-state index >= 15 is 0 Å². The van der Waals surface area contributed by atoms with Crippen molar-refractivity contribution < 1.29 is 8.42 Å². The first kappa shape index (κ1) is 16.2. The third-order valence-corrected chi connectivity index (χ3v) is 6.08. The Bertz CT molecular complexity index is 523. The quantitative estimate of drug-likeness (QED) is 0.873. The number of sulfone groups is 1. The third kappa shape index (κ3) is 3.57. The fourth-order valence-electron chi connectivity index (χ4n) is 2.45. The molecule has 19 heavy (non-hydrogen) atoms. The highest BCUT2D eigenvalue weighted by molar-refractivity contribution is 7.92. The first-order valence-corrected chi connectivity index (χ1v) is 8.45. The lowest BCUT2D eigenvalue weighted by atomic mass is 10.1. The van der Waals surface area contributed by atoms with Gasteiger partial charge < -0.3 is 5.73 Å². The Morgan fingerprint density at radius 1 is 1.21 bits per heavy atom. The minimum absolute atomic E-state index is 0.292. The average molecular weight is 283 g/mol. The molecular formula is C15H25NO2S. The first-order valence-electron chi connectivity index (χ1n) is 6.91. The molecule has 1 rings (SSSR count). The monoisotopic (exact) mass is 283 g/mol. The summed E-state index contributed by atoms with van der Waals surface area (Å²) in [5.41, 5.74) is 7.83. The molecule has 0 aliphatic rings. The lowest BCUT2D eigenvalue weighted by Crippen LogP contribution is -2.40. The van der Waals surface area contributed by atoms with E-state index in [9.17, 15) is 8.42 Å². The predicted octanol–water partition coefficient (Wildman–Crippen LogP) is 2.98. The summed E-state index contributed by atoms with van der Waals surface area (Å²) in [7, 11) is -3.35. The highest BCUT2D eigenvalue weighted by atomic mass is 32.2. The molecule has 4 heteroatoms. The standard InChI is InChI=1S/C15H25NO2S/c1-5-7-13(16)14(6-2)19(17,18)15-10-11(3)8-9-12(15)4/h8-10,13-14H,5-7,16H2,1-4H3. The van der Waals surface area contributed by atoms with Crippen LogP contribution in [0.15, 0.2) is 23.1 Å². The number of rotatable bonds is 6. The van der Waals surface area contributed by atoms with E-state index in [4.69, 9.17) is 5.73 Å². The van der Waals surface area contributed by atoms with Crippen molar-refractivity contribution in [1.29, 1.82) is 0 Å².